The molecule has 1 saturated carbocycles. The number of thiazole rings is 1. The third-order valence-corrected chi connectivity index (χ3v) is 8.10. The van der Waals surface area contributed by atoms with Crippen LogP contribution in [0.3, 0.4) is 0 Å². The molecule has 10 heteroatoms. The summed E-state index contributed by atoms with van der Waals surface area (Å²) in [5.41, 5.74) is 1.70. The molecule has 1 amide bonds. The number of fused-ring (bicyclic) bond motifs is 1. The minimum atomic E-state index is -4.96. The molecule has 1 saturated heterocycles. The van der Waals surface area contributed by atoms with Crippen molar-refractivity contribution >= 4 is 17.2 Å². The maximum Gasteiger partial charge on any atom is 0.423 e. The van der Waals surface area contributed by atoms with Crippen molar-refractivity contribution in [2.24, 2.45) is 0 Å². The summed E-state index contributed by atoms with van der Waals surface area (Å²) < 4.78 is 44.2. The molecule has 34 heavy (non-hydrogen) atoms. The number of carbonyl (C=O) groups is 1. The summed E-state index contributed by atoms with van der Waals surface area (Å²) in [4.78, 5) is 21.1. The van der Waals surface area contributed by atoms with Crippen molar-refractivity contribution in [3.8, 4) is 16.3 Å². The molecule has 3 heterocycles. The molecule has 1 aromatic heterocycles. The van der Waals surface area contributed by atoms with Crippen LogP contribution in [0.1, 0.15) is 42.7 Å². The Hall–Kier alpha value is -2.17. The fourth-order valence-electron chi connectivity index (χ4n) is 4.90. The second kappa shape index (κ2) is 9.47. The lowest BCUT2D eigenvalue weighted by Crippen LogP contribution is -2.50. The van der Waals surface area contributed by atoms with Crippen molar-refractivity contribution < 1.29 is 27.8 Å². The molecular formula is C24H28F3N3O3S. The van der Waals surface area contributed by atoms with Gasteiger partial charge in [0.05, 0.1) is 12.2 Å². The smallest absolute Gasteiger partial charge is 0.423 e. The summed E-state index contributed by atoms with van der Waals surface area (Å²) in [6.45, 7) is 2.55. The topological polar surface area (TPSA) is 65.9 Å². The van der Waals surface area contributed by atoms with E-state index in [1.807, 2.05) is 24.3 Å². The third-order valence-electron chi connectivity index (χ3n) is 6.97. The summed E-state index contributed by atoms with van der Waals surface area (Å²) in [6.07, 6.45) is -1.26. The van der Waals surface area contributed by atoms with E-state index in [9.17, 15) is 23.1 Å². The zero-order valence-corrected chi connectivity index (χ0v) is 19.6. The predicted molar refractivity (Wildman–Crippen MR) is 122 cm³/mol. The van der Waals surface area contributed by atoms with Gasteiger partial charge in [-0.25, -0.2) is 4.98 Å². The fourth-order valence-corrected chi connectivity index (χ4v) is 6.03. The Balaban J connectivity index is 1.17. The molecule has 1 N–H and O–H groups in total. The Bertz CT molecular complexity index is 1010. The minimum absolute atomic E-state index is 0.0278. The van der Waals surface area contributed by atoms with Crippen LogP contribution in [0.25, 0.3) is 10.6 Å². The number of nitrogens with zero attached hydrogens (tertiary/aromatic N) is 3. The number of aromatic nitrogens is 1. The molecule has 3 aliphatic rings. The highest BCUT2D eigenvalue weighted by atomic mass is 32.1. The van der Waals surface area contributed by atoms with E-state index in [1.54, 1.807) is 0 Å². The number of hydrogen-bond acceptors (Lipinski definition) is 6. The Morgan fingerprint density at radius 1 is 1.12 bits per heavy atom. The first-order valence-corrected chi connectivity index (χ1v) is 12.6. The highest BCUT2D eigenvalue weighted by Crippen LogP contribution is 2.35. The maximum absolute atomic E-state index is 12.7. The molecule has 0 bridgehead atoms. The fraction of sp³-hybridized carbons (Fsp3) is 0.583. The van der Waals surface area contributed by atoms with E-state index in [4.69, 9.17) is 4.74 Å². The van der Waals surface area contributed by atoms with Crippen LogP contribution in [0.2, 0.25) is 0 Å². The number of alkyl halides is 3. The monoisotopic (exact) mass is 495 g/mol. The van der Waals surface area contributed by atoms with E-state index >= 15 is 0 Å². The van der Waals surface area contributed by atoms with Crippen molar-refractivity contribution in [3.05, 3.63) is 34.8 Å². The van der Waals surface area contributed by atoms with Crippen molar-refractivity contribution in [2.75, 3.05) is 19.6 Å². The zero-order valence-electron chi connectivity index (χ0n) is 18.8. The van der Waals surface area contributed by atoms with E-state index in [2.05, 4.69) is 9.88 Å². The zero-order chi connectivity index (χ0) is 23.9. The first-order valence-electron chi connectivity index (χ1n) is 11.8. The standard InChI is InChI=1S/C24H28F3N3O3S/c25-24(26,27)21(31)23(32)30-11-8-19-20(14-30)34-22(28-19)15-4-6-17(7-5-15)33-18-12-16(13-18)29-9-2-1-3-10-29/h4-7,16,18,21,31H,1-3,8-14H2/t16-,18-,21?. The van der Waals surface area contributed by atoms with Gasteiger partial charge < -0.3 is 19.6 Å². The van der Waals surface area contributed by atoms with Gasteiger partial charge in [0, 0.05) is 42.3 Å². The van der Waals surface area contributed by atoms with Crippen molar-refractivity contribution in [1.29, 1.82) is 0 Å². The third kappa shape index (κ3) is 4.94. The Morgan fingerprint density at radius 3 is 2.50 bits per heavy atom. The van der Waals surface area contributed by atoms with E-state index in [-0.39, 0.29) is 19.2 Å². The van der Waals surface area contributed by atoms with Gasteiger partial charge in [0.25, 0.3) is 5.91 Å². The number of halogens is 3. The average Bonchev–Trinajstić information content (AvgIpc) is 3.24. The molecule has 0 radical (unpaired) electrons. The lowest BCUT2D eigenvalue weighted by molar-refractivity contribution is -0.211. The number of rotatable bonds is 5. The minimum Gasteiger partial charge on any atom is -0.490 e. The van der Waals surface area contributed by atoms with Gasteiger partial charge in [-0.1, -0.05) is 6.42 Å². The molecule has 1 aromatic carbocycles. The molecule has 2 fully saturated rings. The summed E-state index contributed by atoms with van der Waals surface area (Å²) in [6, 6.07) is 8.39. The average molecular weight is 496 g/mol. The number of piperidine rings is 1. The number of benzene rings is 1. The SMILES string of the molecule is O=C(C(O)C(F)(F)F)N1CCc2nc(-c3ccc(O[C@H]4C[C@H](N5CCCCC5)C4)cc3)sc2C1. The molecular weight excluding hydrogens is 467 g/mol. The van der Waals surface area contributed by atoms with E-state index in [1.165, 1.54) is 43.7 Å². The number of hydrogen-bond donors (Lipinski definition) is 1. The van der Waals surface area contributed by atoms with Crippen molar-refractivity contribution in [1.82, 2.24) is 14.8 Å². The van der Waals surface area contributed by atoms with Crippen LogP contribution < -0.4 is 4.74 Å². The van der Waals surface area contributed by atoms with Crippen molar-refractivity contribution in [3.63, 3.8) is 0 Å². The first kappa shape index (κ1) is 23.6. The van der Waals surface area contributed by atoms with Crippen LogP contribution in [0.5, 0.6) is 5.75 Å². The molecule has 1 atom stereocenters. The van der Waals surface area contributed by atoms with E-state index in [0.717, 1.165) is 44.6 Å². The highest BCUT2D eigenvalue weighted by molar-refractivity contribution is 7.15. The predicted octanol–water partition coefficient (Wildman–Crippen LogP) is 4.01. The van der Waals surface area contributed by atoms with Crippen LogP contribution in [0.15, 0.2) is 24.3 Å². The van der Waals surface area contributed by atoms with Crippen LogP contribution in [0.4, 0.5) is 13.2 Å². The number of ether oxygens (including phenoxy) is 1. The molecule has 5 rings (SSSR count). The van der Waals surface area contributed by atoms with Crippen LogP contribution in [-0.4, -0.2) is 69.9 Å². The summed E-state index contributed by atoms with van der Waals surface area (Å²) in [5.74, 6) is -0.488. The molecule has 6 nitrogen and oxygen atoms in total. The highest BCUT2D eigenvalue weighted by Gasteiger charge is 2.46. The number of amides is 1. The molecule has 1 aliphatic carbocycles. The van der Waals surface area contributed by atoms with Gasteiger partial charge >= 0.3 is 6.18 Å². The van der Waals surface area contributed by atoms with Gasteiger partial charge in [-0.15, -0.1) is 11.3 Å². The van der Waals surface area contributed by atoms with Crippen LogP contribution in [0, 0.1) is 0 Å². The van der Waals surface area contributed by atoms with Crippen LogP contribution >= 0.6 is 11.3 Å². The number of carbonyl (C=O) groups excluding carboxylic acids is 1. The van der Waals surface area contributed by atoms with Gasteiger partial charge in [0.2, 0.25) is 6.10 Å². The molecule has 0 spiro atoms. The number of aliphatic hydroxyl groups excluding tert-OH is 1. The van der Waals surface area contributed by atoms with E-state index in [0.29, 0.717) is 12.5 Å². The molecule has 184 valence electrons. The second-order valence-corrected chi connectivity index (χ2v) is 10.4. The first-order chi connectivity index (χ1) is 16.3. The van der Waals surface area contributed by atoms with Gasteiger partial charge in [0.1, 0.15) is 16.9 Å². The Labute approximate surface area is 200 Å². The number of likely N-dealkylation sites (tertiary alicyclic amines) is 1. The van der Waals surface area contributed by atoms with Gasteiger partial charge in [-0.05, 0) is 50.2 Å². The molecule has 1 unspecified atom stereocenters. The molecule has 2 aliphatic heterocycles. The van der Waals surface area contributed by atoms with Crippen LogP contribution in [-0.2, 0) is 17.8 Å². The Morgan fingerprint density at radius 2 is 1.82 bits per heavy atom. The summed E-state index contributed by atoms with van der Waals surface area (Å²) >= 11 is 1.37. The van der Waals surface area contributed by atoms with Gasteiger partial charge in [-0.2, -0.15) is 13.2 Å². The quantitative estimate of drug-likeness (QED) is 0.679. The molecule has 2 aromatic rings. The van der Waals surface area contributed by atoms with Gasteiger partial charge in [-0.3, -0.25) is 4.79 Å². The van der Waals surface area contributed by atoms with Crippen molar-refractivity contribution in [2.45, 2.75) is 69.5 Å². The normalized spacial score (nSPS) is 24.3. The maximum atomic E-state index is 12.7. The largest absolute Gasteiger partial charge is 0.490 e. The Kier molecular flexibility index (Phi) is 6.56. The number of aliphatic hydroxyl groups is 1. The van der Waals surface area contributed by atoms with E-state index < -0.39 is 18.2 Å². The summed E-state index contributed by atoms with van der Waals surface area (Å²) in [5, 5.41) is 10.0. The van der Waals surface area contributed by atoms with Gasteiger partial charge in [0.15, 0.2) is 0 Å². The summed E-state index contributed by atoms with van der Waals surface area (Å²) in [7, 11) is 0. The second-order valence-electron chi connectivity index (χ2n) is 9.33. The lowest BCUT2D eigenvalue weighted by Gasteiger charge is -2.44. The lowest BCUT2D eigenvalue weighted by atomic mass is 9.86.